The maximum absolute atomic E-state index is 14.3. The number of nitrogens with zero attached hydrogens (tertiary/aromatic N) is 3. The van der Waals surface area contributed by atoms with Crippen LogP contribution < -0.4 is 0 Å². The van der Waals surface area contributed by atoms with Gasteiger partial charge in [0, 0.05) is 21.6 Å². The quantitative estimate of drug-likeness (QED) is 0.201. The van der Waals surface area contributed by atoms with E-state index < -0.39 is 0 Å². The van der Waals surface area contributed by atoms with Crippen LogP contribution in [0.4, 0.5) is 3.89 Å². The molecule has 0 bridgehead atoms. The summed E-state index contributed by atoms with van der Waals surface area (Å²) < 4.78 is 14.3. The van der Waals surface area contributed by atoms with Gasteiger partial charge in [-0.2, -0.15) is 3.89 Å². The molecule has 0 atom stereocenters. The Labute approximate surface area is 242 Å². The van der Waals surface area contributed by atoms with Crippen molar-refractivity contribution in [2.75, 3.05) is 0 Å². The molecule has 0 fully saturated rings. The molecule has 1 aliphatic carbocycles. The second-order valence-corrected chi connectivity index (χ2v) is 10.5. The third-order valence-corrected chi connectivity index (χ3v) is 7.67. The highest BCUT2D eigenvalue weighted by Gasteiger charge is 2.16. The van der Waals surface area contributed by atoms with Crippen LogP contribution in [-0.4, -0.2) is 15.0 Å². The van der Waals surface area contributed by atoms with Gasteiger partial charge in [0.2, 0.25) is 0 Å². The van der Waals surface area contributed by atoms with Gasteiger partial charge in [-0.05, 0) is 63.4 Å². The number of hydrogen-bond acceptors (Lipinski definition) is 4. The molecule has 1 aromatic heterocycles. The van der Waals surface area contributed by atoms with Crippen molar-refractivity contribution in [1.29, 1.82) is 0 Å². The zero-order valence-corrected chi connectivity index (χ0v) is 22.9. The lowest BCUT2D eigenvalue weighted by molar-refractivity contribution is 0.934. The van der Waals surface area contributed by atoms with Crippen LogP contribution in [0.5, 0.6) is 0 Å². The Kier molecular flexibility index (Phi) is 6.71. The third-order valence-electron chi connectivity index (χ3n) is 7.26. The number of rotatable bonds is 5. The Hall–Kier alpha value is -4.87. The molecule has 5 heteroatoms. The van der Waals surface area contributed by atoms with Crippen molar-refractivity contribution >= 4 is 39.3 Å². The Morgan fingerprint density at radius 2 is 1.27 bits per heavy atom. The fourth-order valence-electron chi connectivity index (χ4n) is 5.32. The van der Waals surface area contributed by atoms with E-state index in [4.69, 9.17) is 15.0 Å². The van der Waals surface area contributed by atoms with Crippen LogP contribution in [0.3, 0.4) is 0 Å². The second kappa shape index (κ2) is 11.0. The molecule has 0 saturated heterocycles. The molecule has 1 aliphatic rings. The summed E-state index contributed by atoms with van der Waals surface area (Å²) >= 11 is 0.229. The first-order valence-corrected chi connectivity index (χ1v) is 14.2. The van der Waals surface area contributed by atoms with E-state index in [2.05, 4.69) is 60.7 Å². The first-order chi connectivity index (χ1) is 20.3. The zero-order valence-electron chi connectivity index (χ0n) is 22.0. The van der Waals surface area contributed by atoms with Crippen molar-refractivity contribution in [2.45, 2.75) is 11.3 Å². The predicted octanol–water partition coefficient (Wildman–Crippen LogP) is 10.1. The van der Waals surface area contributed by atoms with Gasteiger partial charge in [-0.15, -0.1) is 0 Å². The molecule has 6 aromatic rings. The van der Waals surface area contributed by atoms with E-state index in [-0.39, 0.29) is 12.1 Å². The van der Waals surface area contributed by atoms with Gasteiger partial charge in [-0.25, -0.2) is 15.0 Å². The van der Waals surface area contributed by atoms with Crippen LogP contribution in [0.15, 0.2) is 138 Å². The zero-order chi connectivity index (χ0) is 27.6. The van der Waals surface area contributed by atoms with Crippen LogP contribution in [-0.2, 0) is 0 Å². The largest absolute Gasteiger partial charge is 0.208 e. The molecule has 196 valence electrons. The average molecular weight is 550 g/mol. The van der Waals surface area contributed by atoms with Gasteiger partial charge in [0.25, 0.3) is 0 Å². The normalized spacial score (nSPS) is 13.0. The van der Waals surface area contributed by atoms with Crippen molar-refractivity contribution in [3.8, 4) is 33.9 Å². The standard InChI is InChI=1S/C36H24FN3S/c37-41-29-21-27(33-23-26-16-8-9-17-30(26)31-18-10-11-19-32(31)33)20-28(22-29)36-39-34(24-12-4-1-2-5-13-24)38-35(40-36)25-14-6-3-7-15-25/h1-4,6-23H,5H2. The van der Waals surface area contributed by atoms with Crippen molar-refractivity contribution in [1.82, 2.24) is 15.0 Å². The molecule has 0 amide bonds. The lowest BCUT2D eigenvalue weighted by atomic mass is 9.92. The fourth-order valence-corrected chi connectivity index (χ4v) is 5.66. The molecule has 7 rings (SSSR count). The van der Waals surface area contributed by atoms with E-state index in [1.54, 1.807) is 0 Å². The van der Waals surface area contributed by atoms with Gasteiger partial charge in [0.15, 0.2) is 17.5 Å². The monoisotopic (exact) mass is 549 g/mol. The van der Waals surface area contributed by atoms with E-state index >= 15 is 0 Å². The predicted molar refractivity (Wildman–Crippen MR) is 169 cm³/mol. The number of fused-ring (bicyclic) bond motifs is 3. The molecule has 41 heavy (non-hydrogen) atoms. The summed E-state index contributed by atoms with van der Waals surface area (Å²) in [7, 11) is 0. The lowest BCUT2D eigenvalue weighted by Gasteiger charge is -2.14. The maximum Gasteiger partial charge on any atom is 0.164 e. The molecule has 3 nitrogen and oxygen atoms in total. The summed E-state index contributed by atoms with van der Waals surface area (Å²) in [5.74, 6) is 1.67. The SMILES string of the molecule is FSc1cc(-c2nc(C3=CCC=CC=C3)nc(-c3ccccc3)n2)cc(-c2cc3ccccc3c3ccccc23)c1. The van der Waals surface area contributed by atoms with Crippen LogP contribution in [0.1, 0.15) is 12.2 Å². The second-order valence-electron chi connectivity index (χ2n) is 9.87. The Morgan fingerprint density at radius 1 is 0.585 bits per heavy atom. The van der Waals surface area contributed by atoms with Gasteiger partial charge in [-0.1, -0.05) is 109 Å². The lowest BCUT2D eigenvalue weighted by Crippen LogP contribution is -2.02. The van der Waals surface area contributed by atoms with Gasteiger partial charge in [-0.3, -0.25) is 0 Å². The van der Waals surface area contributed by atoms with Crippen molar-refractivity contribution < 1.29 is 3.89 Å². The first kappa shape index (κ1) is 25.1. The minimum Gasteiger partial charge on any atom is -0.208 e. The van der Waals surface area contributed by atoms with Gasteiger partial charge in [0.05, 0.1) is 12.1 Å². The van der Waals surface area contributed by atoms with E-state index in [9.17, 15) is 3.89 Å². The van der Waals surface area contributed by atoms with E-state index in [1.807, 2.05) is 72.8 Å². The van der Waals surface area contributed by atoms with E-state index in [0.29, 0.717) is 22.4 Å². The number of allylic oxidation sites excluding steroid dienone is 6. The topological polar surface area (TPSA) is 38.7 Å². The highest BCUT2D eigenvalue weighted by Crippen LogP contribution is 2.38. The third kappa shape index (κ3) is 4.96. The molecule has 0 radical (unpaired) electrons. The molecule has 0 spiro atoms. The van der Waals surface area contributed by atoms with Crippen LogP contribution in [0, 0.1) is 0 Å². The summed E-state index contributed by atoms with van der Waals surface area (Å²) in [5, 5.41) is 4.60. The molecular weight excluding hydrogens is 525 g/mol. The molecule has 1 heterocycles. The molecule has 0 N–H and O–H groups in total. The summed E-state index contributed by atoms with van der Waals surface area (Å²) in [6, 6.07) is 34.6. The van der Waals surface area contributed by atoms with Gasteiger partial charge < -0.3 is 0 Å². The summed E-state index contributed by atoms with van der Waals surface area (Å²) in [5.41, 5.74) is 4.50. The summed E-state index contributed by atoms with van der Waals surface area (Å²) in [4.78, 5) is 15.1. The molecule has 0 unspecified atom stereocenters. The van der Waals surface area contributed by atoms with Gasteiger partial charge >= 0.3 is 0 Å². The first-order valence-electron chi connectivity index (χ1n) is 13.5. The number of aromatic nitrogens is 3. The molecular formula is C36H24FN3S. The minimum atomic E-state index is 0.229. The Bertz CT molecular complexity index is 2010. The molecule has 5 aromatic carbocycles. The van der Waals surface area contributed by atoms with Crippen LogP contribution in [0.25, 0.3) is 61.0 Å². The number of benzene rings is 5. The average Bonchev–Trinajstić information content (AvgIpc) is 3.34. The van der Waals surface area contributed by atoms with Crippen LogP contribution in [0.2, 0.25) is 0 Å². The van der Waals surface area contributed by atoms with Crippen LogP contribution >= 0.6 is 12.1 Å². The van der Waals surface area contributed by atoms with E-state index in [1.165, 1.54) is 5.39 Å². The summed E-state index contributed by atoms with van der Waals surface area (Å²) in [6.07, 6.45) is 11.0. The highest BCUT2D eigenvalue weighted by molar-refractivity contribution is 7.94. The van der Waals surface area contributed by atoms with Gasteiger partial charge in [0.1, 0.15) is 0 Å². The van der Waals surface area contributed by atoms with E-state index in [0.717, 1.165) is 50.4 Å². The fraction of sp³-hybridized carbons (Fsp3) is 0.0278. The molecule has 0 saturated carbocycles. The number of hydrogen-bond donors (Lipinski definition) is 0. The number of halogens is 1. The summed E-state index contributed by atoms with van der Waals surface area (Å²) in [6.45, 7) is 0. The minimum absolute atomic E-state index is 0.229. The Morgan fingerprint density at radius 3 is 2.10 bits per heavy atom. The molecule has 0 aliphatic heterocycles. The Balaban J connectivity index is 1.45. The van der Waals surface area contributed by atoms with Crippen molar-refractivity contribution in [3.05, 3.63) is 139 Å². The highest BCUT2D eigenvalue weighted by atomic mass is 32.2. The van der Waals surface area contributed by atoms with Crippen molar-refractivity contribution in [2.24, 2.45) is 0 Å². The maximum atomic E-state index is 14.3. The smallest absolute Gasteiger partial charge is 0.164 e. The van der Waals surface area contributed by atoms with Crippen molar-refractivity contribution in [3.63, 3.8) is 0 Å².